The molecular formula is C22H22N2O4S. The van der Waals surface area contributed by atoms with Gasteiger partial charge in [0, 0.05) is 28.9 Å². The van der Waals surface area contributed by atoms with Crippen LogP contribution in [0.25, 0.3) is 0 Å². The first-order valence-electron chi connectivity index (χ1n) is 8.94. The van der Waals surface area contributed by atoms with Gasteiger partial charge in [-0.25, -0.2) is 8.42 Å². The van der Waals surface area contributed by atoms with Crippen LogP contribution in [0.2, 0.25) is 0 Å². The molecule has 1 amide bonds. The zero-order valence-electron chi connectivity index (χ0n) is 16.2. The van der Waals surface area contributed by atoms with Crippen LogP contribution in [-0.2, 0) is 16.4 Å². The Morgan fingerprint density at radius 3 is 2.38 bits per heavy atom. The minimum absolute atomic E-state index is 0.333. The summed E-state index contributed by atoms with van der Waals surface area (Å²) < 4.78 is 30.6. The Morgan fingerprint density at radius 2 is 1.69 bits per heavy atom. The maximum Gasteiger partial charge on any atom is 0.255 e. The number of carbonyl (C=O) groups excluding carboxylic acids is 1. The van der Waals surface area contributed by atoms with Crippen LogP contribution in [0, 0.1) is 0 Å². The van der Waals surface area contributed by atoms with E-state index in [-0.39, 0.29) is 5.91 Å². The van der Waals surface area contributed by atoms with E-state index < -0.39 is 10.0 Å². The summed E-state index contributed by atoms with van der Waals surface area (Å²) in [5, 5.41) is 2.85. The smallest absolute Gasteiger partial charge is 0.255 e. The van der Waals surface area contributed by atoms with E-state index in [9.17, 15) is 13.2 Å². The van der Waals surface area contributed by atoms with Gasteiger partial charge in [-0.15, -0.1) is 0 Å². The van der Waals surface area contributed by atoms with Gasteiger partial charge < -0.3 is 10.1 Å². The topological polar surface area (TPSA) is 84.5 Å². The second-order valence-electron chi connectivity index (χ2n) is 6.60. The van der Waals surface area contributed by atoms with Gasteiger partial charge in [0.2, 0.25) is 10.0 Å². The SMILES string of the molecule is COc1ccc(NC(=O)c2cccc(NS(C)(=O)=O)c2)cc1Cc1ccccc1. The van der Waals surface area contributed by atoms with Crippen LogP contribution in [0.5, 0.6) is 5.75 Å². The quantitative estimate of drug-likeness (QED) is 0.619. The molecule has 3 rings (SSSR count). The molecule has 0 saturated heterocycles. The van der Waals surface area contributed by atoms with Crippen molar-refractivity contribution in [2.24, 2.45) is 0 Å². The molecule has 0 unspecified atom stereocenters. The Hall–Kier alpha value is -3.32. The summed E-state index contributed by atoms with van der Waals surface area (Å²) in [6, 6.07) is 21.8. The number of sulfonamides is 1. The molecule has 0 saturated carbocycles. The molecule has 3 aromatic rings. The summed E-state index contributed by atoms with van der Waals surface area (Å²) in [6.45, 7) is 0. The summed E-state index contributed by atoms with van der Waals surface area (Å²) in [4.78, 5) is 12.6. The van der Waals surface area contributed by atoms with Gasteiger partial charge in [0.25, 0.3) is 5.91 Å². The van der Waals surface area contributed by atoms with Crippen molar-refractivity contribution in [2.75, 3.05) is 23.4 Å². The molecule has 150 valence electrons. The Morgan fingerprint density at radius 1 is 0.931 bits per heavy atom. The van der Waals surface area contributed by atoms with Crippen LogP contribution in [0.4, 0.5) is 11.4 Å². The first-order chi connectivity index (χ1) is 13.8. The van der Waals surface area contributed by atoms with E-state index in [0.717, 1.165) is 23.1 Å². The molecule has 7 heteroatoms. The van der Waals surface area contributed by atoms with Crippen LogP contribution < -0.4 is 14.8 Å². The standard InChI is InChI=1S/C22H22N2O4S/c1-28-21-12-11-19(15-18(21)13-16-7-4-3-5-8-16)23-22(25)17-9-6-10-20(14-17)24-29(2,26)27/h3-12,14-15,24H,13H2,1-2H3,(H,23,25). The van der Waals surface area contributed by atoms with E-state index in [1.807, 2.05) is 42.5 Å². The van der Waals surface area contributed by atoms with Gasteiger partial charge >= 0.3 is 0 Å². The minimum Gasteiger partial charge on any atom is -0.496 e. The molecule has 0 aromatic heterocycles. The minimum atomic E-state index is -3.42. The number of anilines is 2. The third-order valence-electron chi connectivity index (χ3n) is 4.20. The van der Waals surface area contributed by atoms with Crippen molar-refractivity contribution < 1.29 is 17.9 Å². The van der Waals surface area contributed by atoms with Gasteiger partial charge in [0.05, 0.1) is 13.4 Å². The van der Waals surface area contributed by atoms with Crippen molar-refractivity contribution in [3.63, 3.8) is 0 Å². The summed E-state index contributed by atoms with van der Waals surface area (Å²) in [5.74, 6) is 0.407. The number of amides is 1. The average Bonchev–Trinajstić information content (AvgIpc) is 2.68. The van der Waals surface area contributed by atoms with Crippen LogP contribution >= 0.6 is 0 Å². The van der Waals surface area contributed by atoms with Gasteiger partial charge in [0.15, 0.2) is 0 Å². The predicted molar refractivity (Wildman–Crippen MR) is 115 cm³/mol. The predicted octanol–water partition coefficient (Wildman–Crippen LogP) is 3.91. The Bertz CT molecular complexity index is 1110. The van der Waals surface area contributed by atoms with Gasteiger partial charge in [-0.1, -0.05) is 36.4 Å². The van der Waals surface area contributed by atoms with Crippen molar-refractivity contribution >= 4 is 27.3 Å². The fourth-order valence-corrected chi connectivity index (χ4v) is 3.51. The molecule has 0 radical (unpaired) electrons. The molecule has 0 atom stereocenters. The number of hydrogen-bond acceptors (Lipinski definition) is 4. The number of methoxy groups -OCH3 is 1. The van der Waals surface area contributed by atoms with Crippen molar-refractivity contribution in [1.29, 1.82) is 0 Å². The fraction of sp³-hybridized carbons (Fsp3) is 0.136. The normalized spacial score (nSPS) is 11.0. The van der Waals surface area contributed by atoms with Crippen LogP contribution in [0.3, 0.4) is 0 Å². The van der Waals surface area contributed by atoms with Crippen molar-refractivity contribution in [3.05, 3.63) is 89.5 Å². The molecule has 0 aliphatic rings. The Labute approximate surface area is 170 Å². The maximum atomic E-state index is 12.6. The molecule has 0 spiro atoms. The summed E-state index contributed by atoms with van der Waals surface area (Å²) in [6.07, 6.45) is 1.73. The fourth-order valence-electron chi connectivity index (χ4n) is 2.95. The van der Waals surface area contributed by atoms with E-state index in [4.69, 9.17) is 4.74 Å². The average molecular weight is 410 g/mol. The van der Waals surface area contributed by atoms with Crippen LogP contribution in [0.15, 0.2) is 72.8 Å². The van der Waals surface area contributed by atoms with E-state index in [1.165, 1.54) is 6.07 Å². The molecule has 0 aliphatic carbocycles. The molecule has 6 nitrogen and oxygen atoms in total. The van der Waals surface area contributed by atoms with Gasteiger partial charge in [-0.05, 0) is 42.0 Å². The summed E-state index contributed by atoms with van der Waals surface area (Å²) >= 11 is 0. The van der Waals surface area contributed by atoms with E-state index >= 15 is 0 Å². The van der Waals surface area contributed by atoms with Crippen LogP contribution in [0.1, 0.15) is 21.5 Å². The van der Waals surface area contributed by atoms with Crippen molar-refractivity contribution in [1.82, 2.24) is 0 Å². The first kappa shape index (κ1) is 20.4. The number of rotatable bonds is 7. The van der Waals surface area contributed by atoms with E-state index in [2.05, 4.69) is 10.0 Å². The molecule has 0 fully saturated rings. The molecule has 29 heavy (non-hydrogen) atoms. The van der Waals surface area contributed by atoms with Gasteiger partial charge in [-0.3, -0.25) is 9.52 Å². The highest BCUT2D eigenvalue weighted by Crippen LogP contribution is 2.26. The summed E-state index contributed by atoms with van der Waals surface area (Å²) in [7, 11) is -1.80. The van der Waals surface area contributed by atoms with Gasteiger partial charge in [-0.2, -0.15) is 0 Å². The largest absolute Gasteiger partial charge is 0.496 e. The van der Waals surface area contributed by atoms with Crippen molar-refractivity contribution in [2.45, 2.75) is 6.42 Å². The Kier molecular flexibility index (Phi) is 6.19. The van der Waals surface area contributed by atoms with Gasteiger partial charge in [0.1, 0.15) is 5.75 Å². The first-order valence-corrected chi connectivity index (χ1v) is 10.8. The number of carbonyl (C=O) groups is 1. The number of hydrogen-bond donors (Lipinski definition) is 2. The lowest BCUT2D eigenvalue weighted by atomic mass is 10.0. The number of benzene rings is 3. The number of ether oxygens (including phenoxy) is 1. The number of nitrogens with one attached hydrogen (secondary N) is 2. The molecular weight excluding hydrogens is 388 g/mol. The highest BCUT2D eigenvalue weighted by Gasteiger charge is 2.11. The van der Waals surface area contributed by atoms with Crippen molar-refractivity contribution in [3.8, 4) is 5.75 Å². The highest BCUT2D eigenvalue weighted by molar-refractivity contribution is 7.92. The molecule has 0 aliphatic heterocycles. The summed E-state index contributed by atoms with van der Waals surface area (Å²) in [5.41, 5.74) is 3.39. The maximum absolute atomic E-state index is 12.6. The third kappa shape index (κ3) is 5.83. The Balaban J connectivity index is 1.80. The monoisotopic (exact) mass is 410 g/mol. The zero-order valence-corrected chi connectivity index (χ0v) is 17.0. The molecule has 3 aromatic carbocycles. The second kappa shape index (κ2) is 8.79. The third-order valence-corrected chi connectivity index (χ3v) is 4.81. The zero-order chi connectivity index (χ0) is 20.9. The van der Waals surface area contributed by atoms with Crippen LogP contribution in [-0.4, -0.2) is 27.7 Å². The molecule has 2 N–H and O–H groups in total. The van der Waals surface area contributed by atoms with E-state index in [0.29, 0.717) is 23.4 Å². The lowest BCUT2D eigenvalue weighted by Gasteiger charge is -2.12. The lowest BCUT2D eigenvalue weighted by Crippen LogP contribution is -2.14. The molecule has 0 heterocycles. The van der Waals surface area contributed by atoms with E-state index in [1.54, 1.807) is 31.4 Å². The lowest BCUT2D eigenvalue weighted by molar-refractivity contribution is 0.102. The molecule has 0 bridgehead atoms. The second-order valence-corrected chi connectivity index (χ2v) is 8.35. The highest BCUT2D eigenvalue weighted by atomic mass is 32.2.